The first kappa shape index (κ1) is 11.7. The first-order valence-electron chi connectivity index (χ1n) is 5.24. The van der Waals surface area contributed by atoms with Crippen LogP contribution in [0.15, 0.2) is 30.3 Å². The van der Waals surface area contributed by atoms with Crippen LogP contribution in [0.3, 0.4) is 0 Å². The van der Waals surface area contributed by atoms with Gasteiger partial charge in [0, 0.05) is 19.4 Å². The van der Waals surface area contributed by atoms with Gasteiger partial charge in [0.1, 0.15) is 0 Å². The summed E-state index contributed by atoms with van der Waals surface area (Å²) >= 11 is 0. The first-order valence-corrected chi connectivity index (χ1v) is 5.24. The SMILES string of the molecule is COC(CCC#N)C(C)c1ccccc1. The number of ether oxygens (including phenoxy) is 1. The normalized spacial score (nSPS) is 14.2. The fraction of sp³-hybridized carbons (Fsp3) is 0.462. The molecule has 0 fully saturated rings. The van der Waals surface area contributed by atoms with E-state index in [0.29, 0.717) is 12.3 Å². The highest BCUT2D eigenvalue weighted by atomic mass is 16.5. The van der Waals surface area contributed by atoms with Gasteiger partial charge >= 0.3 is 0 Å². The second kappa shape index (κ2) is 6.21. The van der Waals surface area contributed by atoms with Crippen LogP contribution in [0.5, 0.6) is 0 Å². The van der Waals surface area contributed by atoms with Crippen molar-refractivity contribution >= 4 is 0 Å². The zero-order valence-electron chi connectivity index (χ0n) is 9.31. The lowest BCUT2D eigenvalue weighted by Crippen LogP contribution is -2.18. The van der Waals surface area contributed by atoms with Gasteiger partial charge in [0.2, 0.25) is 0 Å². The summed E-state index contributed by atoms with van der Waals surface area (Å²) in [5.41, 5.74) is 1.27. The summed E-state index contributed by atoms with van der Waals surface area (Å²) in [6.45, 7) is 2.14. The van der Waals surface area contributed by atoms with E-state index in [1.165, 1.54) is 5.56 Å². The highest BCUT2D eigenvalue weighted by molar-refractivity contribution is 5.19. The van der Waals surface area contributed by atoms with E-state index in [9.17, 15) is 0 Å². The Kier molecular flexibility index (Phi) is 4.86. The van der Waals surface area contributed by atoms with Crippen molar-refractivity contribution in [3.05, 3.63) is 35.9 Å². The third-order valence-electron chi connectivity index (χ3n) is 2.73. The van der Waals surface area contributed by atoms with E-state index < -0.39 is 0 Å². The molecule has 0 radical (unpaired) electrons. The van der Waals surface area contributed by atoms with E-state index in [0.717, 1.165) is 6.42 Å². The summed E-state index contributed by atoms with van der Waals surface area (Å²) in [7, 11) is 1.71. The van der Waals surface area contributed by atoms with Crippen LogP contribution in [0.25, 0.3) is 0 Å². The maximum atomic E-state index is 8.56. The van der Waals surface area contributed by atoms with Gasteiger partial charge in [0.25, 0.3) is 0 Å². The smallest absolute Gasteiger partial charge is 0.0647 e. The molecule has 0 amide bonds. The molecule has 1 rings (SSSR count). The molecular weight excluding hydrogens is 186 g/mol. The zero-order valence-corrected chi connectivity index (χ0v) is 9.31. The van der Waals surface area contributed by atoms with Crippen molar-refractivity contribution in [1.82, 2.24) is 0 Å². The lowest BCUT2D eigenvalue weighted by Gasteiger charge is -2.22. The average molecular weight is 203 g/mol. The van der Waals surface area contributed by atoms with Gasteiger partial charge in [-0.05, 0) is 12.0 Å². The van der Waals surface area contributed by atoms with Gasteiger partial charge in [-0.3, -0.25) is 0 Å². The van der Waals surface area contributed by atoms with E-state index in [-0.39, 0.29) is 6.10 Å². The summed E-state index contributed by atoms with van der Waals surface area (Å²) in [4.78, 5) is 0. The number of hydrogen-bond donors (Lipinski definition) is 0. The van der Waals surface area contributed by atoms with E-state index in [2.05, 4.69) is 25.1 Å². The molecule has 2 unspecified atom stereocenters. The minimum atomic E-state index is 0.132. The zero-order chi connectivity index (χ0) is 11.1. The van der Waals surface area contributed by atoms with Gasteiger partial charge in [-0.1, -0.05) is 37.3 Å². The highest BCUT2D eigenvalue weighted by Gasteiger charge is 2.17. The van der Waals surface area contributed by atoms with Crippen molar-refractivity contribution < 1.29 is 4.74 Å². The predicted octanol–water partition coefficient (Wildman–Crippen LogP) is 3.11. The van der Waals surface area contributed by atoms with Gasteiger partial charge in [-0.2, -0.15) is 5.26 Å². The molecule has 0 aliphatic carbocycles. The predicted molar refractivity (Wildman–Crippen MR) is 60.5 cm³/mol. The molecule has 0 aromatic heterocycles. The van der Waals surface area contributed by atoms with Crippen molar-refractivity contribution in [2.75, 3.05) is 7.11 Å². The second-order valence-corrected chi connectivity index (χ2v) is 3.67. The summed E-state index contributed by atoms with van der Waals surface area (Å²) < 4.78 is 5.42. The van der Waals surface area contributed by atoms with Gasteiger partial charge in [-0.15, -0.1) is 0 Å². The fourth-order valence-electron chi connectivity index (χ4n) is 1.75. The quantitative estimate of drug-likeness (QED) is 0.736. The number of methoxy groups -OCH3 is 1. The topological polar surface area (TPSA) is 33.0 Å². The largest absolute Gasteiger partial charge is 0.381 e. The molecule has 1 aromatic carbocycles. The van der Waals surface area contributed by atoms with Crippen LogP contribution in [0.2, 0.25) is 0 Å². The number of benzene rings is 1. The van der Waals surface area contributed by atoms with E-state index >= 15 is 0 Å². The molecule has 1 aromatic rings. The van der Waals surface area contributed by atoms with Gasteiger partial charge in [-0.25, -0.2) is 0 Å². The minimum absolute atomic E-state index is 0.132. The monoisotopic (exact) mass is 203 g/mol. The summed E-state index contributed by atoms with van der Waals surface area (Å²) in [5, 5.41) is 8.56. The maximum absolute atomic E-state index is 8.56. The van der Waals surface area contributed by atoms with E-state index in [4.69, 9.17) is 10.00 Å². The van der Waals surface area contributed by atoms with Crippen molar-refractivity contribution in [1.29, 1.82) is 5.26 Å². The van der Waals surface area contributed by atoms with Crippen molar-refractivity contribution in [2.45, 2.75) is 31.8 Å². The number of hydrogen-bond acceptors (Lipinski definition) is 2. The Morgan fingerprint density at radius 1 is 1.33 bits per heavy atom. The van der Waals surface area contributed by atoms with Crippen LogP contribution in [0.1, 0.15) is 31.2 Å². The molecule has 2 heteroatoms. The molecule has 15 heavy (non-hydrogen) atoms. The molecule has 2 nitrogen and oxygen atoms in total. The standard InChI is InChI=1S/C13H17NO/c1-11(12-7-4-3-5-8-12)13(15-2)9-6-10-14/h3-5,7-8,11,13H,6,9H2,1-2H3. The second-order valence-electron chi connectivity index (χ2n) is 3.67. The molecule has 0 aliphatic heterocycles. The molecule has 0 N–H and O–H groups in total. The van der Waals surface area contributed by atoms with Crippen LogP contribution in [0, 0.1) is 11.3 Å². The Labute approximate surface area is 91.5 Å². The Morgan fingerprint density at radius 3 is 2.53 bits per heavy atom. The third-order valence-corrected chi connectivity index (χ3v) is 2.73. The van der Waals surface area contributed by atoms with Crippen LogP contribution in [-0.2, 0) is 4.74 Å². The van der Waals surface area contributed by atoms with Gasteiger partial charge < -0.3 is 4.74 Å². The van der Waals surface area contributed by atoms with Crippen molar-refractivity contribution in [3.63, 3.8) is 0 Å². The minimum Gasteiger partial charge on any atom is -0.381 e. The molecule has 2 atom stereocenters. The van der Waals surface area contributed by atoms with Crippen molar-refractivity contribution in [3.8, 4) is 6.07 Å². The van der Waals surface area contributed by atoms with Crippen molar-refractivity contribution in [2.24, 2.45) is 0 Å². The van der Waals surface area contributed by atoms with Crippen LogP contribution >= 0.6 is 0 Å². The fourth-order valence-corrected chi connectivity index (χ4v) is 1.75. The first-order chi connectivity index (χ1) is 7.29. The molecule has 0 aliphatic rings. The average Bonchev–Trinajstić information content (AvgIpc) is 2.31. The molecule has 0 saturated carbocycles. The molecule has 0 saturated heterocycles. The Bertz CT molecular complexity index is 315. The lowest BCUT2D eigenvalue weighted by molar-refractivity contribution is 0.0776. The maximum Gasteiger partial charge on any atom is 0.0647 e. The number of nitriles is 1. The summed E-state index contributed by atoms with van der Waals surface area (Å²) in [6, 6.07) is 12.4. The Morgan fingerprint density at radius 2 is 2.00 bits per heavy atom. The Hall–Kier alpha value is -1.33. The summed E-state index contributed by atoms with van der Waals surface area (Å²) in [5.74, 6) is 0.338. The highest BCUT2D eigenvalue weighted by Crippen LogP contribution is 2.23. The van der Waals surface area contributed by atoms with Crippen LogP contribution in [-0.4, -0.2) is 13.2 Å². The summed E-state index contributed by atoms with van der Waals surface area (Å²) in [6.07, 6.45) is 1.48. The molecular formula is C13H17NO. The number of nitrogens with zero attached hydrogens (tertiary/aromatic N) is 1. The van der Waals surface area contributed by atoms with Gasteiger partial charge in [0.15, 0.2) is 0 Å². The van der Waals surface area contributed by atoms with Gasteiger partial charge in [0.05, 0.1) is 12.2 Å². The Balaban J connectivity index is 2.65. The lowest BCUT2D eigenvalue weighted by atomic mass is 9.93. The van der Waals surface area contributed by atoms with E-state index in [1.54, 1.807) is 7.11 Å². The molecule has 0 heterocycles. The van der Waals surface area contributed by atoms with Crippen LogP contribution in [0.4, 0.5) is 0 Å². The molecule has 80 valence electrons. The molecule has 0 bridgehead atoms. The molecule has 0 spiro atoms. The third kappa shape index (κ3) is 3.38. The number of rotatable bonds is 5. The van der Waals surface area contributed by atoms with E-state index in [1.807, 2.05) is 18.2 Å². The van der Waals surface area contributed by atoms with Crippen LogP contribution < -0.4 is 0 Å².